The zero-order valence-electron chi connectivity index (χ0n) is 16.6. The minimum atomic E-state index is -4.57. The van der Waals surface area contributed by atoms with E-state index in [2.05, 4.69) is 5.32 Å². The molecule has 1 N–H and O–H groups in total. The van der Waals surface area contributed by atoms with Gasteiger partial charge in [-0.05, 0) is 42.0 Å². The van der Waals surface area contributed by atoms with Gasteiger partial charge in [0, 0.05) is 26.3 Å². The summed E-state index contributed by atoms with van der Waals surface area (Å²) in [6.45, 7) is 0.316. The summed E-state index contributed by atoms with van der Waals surface area (Å²) in [6.07, 6.45) is -3.09. The van der Waals surface area contributed by atoms with E-state index in [-0.39, 0.29) is 18.8 Å². The van der Waals surface area contributed by atoms with Crippen molar-refractivity contribution in [3.05, 3.63) is 83.8 Å². The number of hydrogen-bond donors (Lipinski definition) is 1. The van der Waals surface area contributed by atoms with Crippen molar-refractivity contribution in [1.29, 1.82) is 0 Å². The van der Waals surface area contributed by atoms with E-state index in [1.807, 2.05) is 43.3 Å². The molecule has 0 bridgehead atoms. The maximum Gasteiger partial charge on any atom is 0.418 e. The lowest BCUT2D eigenvalue weighted by Crippen LogP contribution is -2.34. The first-order chi connectivity index (χ1) is 14.2. The lowest BCUT2D eigenvalue weighted by molar-refractivity contribution is -0.136. The highest BCUT2D eigenvalue weighted by Crippen LogP contribution is 2.34. The second kappa shape index (κ2) is 8.94. The molecule has 0 fully saturated rings. The highest BCUT2D eigenvalue weighted by atomic mass is 19.4. The third kappa shape index (κ3) is 5.34. The first-order valence-electron chi connectivity index (χ1n) is 9.25. The van der Waals surface area contributed by atoms with Gasteiger partial charge in [0.2, 0.25) is 0 Å². The number of carbonyl (C=O) groups excluding carboxylic acids is 1. The summed E-state index contributed by atoms with van der Waals surface area (Å²) in [5.74, 6) is 0.527. The number of nitrogens with zero attached hydrogens (tertiary/aromatic N) is 2. The van der Waals surface area contributed by atoms with Gasteiger partial charge in [-0.2, -0.15) is 13.2 Å². The molecule has 0 saturated heterocycles. The second-order valence-corrected chi connectivity index (χ2v) is 6.97. The van der Waals surface area contributed by atoms with E-state index < -0.39 is 17.8 Å². The topological polar surface area (TPSA) is 48.7 Å². The van der Waals surface area contributed by atoms with Crippen LogP contribution in [0.5, 0.6) is 0 Å². The van der Waals surface area contributed by atoms with E-state index in [0.29, 0.717) is 5.76 Å². The lowest BCUT2D eigenvalue weighted by Gasteiger charge is -2.24. The number of rotatable bonds is 6. The molecule has 30 heavy (non-hydrogen) atoms. The molecular weight excluding hydrogens is 395 g/mol. The van der Waals surface area contributed by atoms with Crippen molar-refractivity contribution in [2.45, 2.75) is 19.3 Å². The predicted molar refractivity (Wildman–Crippen MR) is 109 cm³/mol. The van der Waals surface area contributed by atoms with Gasteiger partial charge in [-0.15, -0.1) is 0 Å². The van der Waals surface area contributed by atoms with Crippen molar-refractivity contribution < 1.29 is 22.4 Å². The molecule has 5 nitrogen and oxygen atoms in total. The highest BCUT2D eigenvalue weighted by Gasteiger charge is 2.34. The molecule has 3 rings (SSSR count). The average Bonchev–Trinajstić information content (AvgIpc) is 3.20. The van der Waals surface area contributed by atoms with Gasteiger partial charge in [0.1, 0.15) is 5.76 Å². The summed E-state index contributed by atoms with van der Waals surface area (Å²) in [6, 6.07) is 15.2. The first-order valence-corrected chi connectivity index (χ1v) is 9.25. The Morgan fingerprint density at radius 3 is 2.27 bits per heavy atom. The molecule has 1 aromatic heterocycles. The van der Waals surface area contributed by atoms with Crippen LogP contribution in [-0.2, 0) is 19.3 Å². The Balaban J connectivity index is 1.82. The van der Waals surface area contributed by atoms with Gasteiger partial charge in [-0.3, -0.25) is 0 Å². The predicted octanol–water partition coefficient (Wildman–Crippen LogP) is 5.60. The number of hydrogen-bond acceptors (Lipinski definition) is 3. The van der Waals surface area contributed by atoms with Gasteiger partial charge in [0.05, 0.1) is 24.1 Å². The molecule has 2 aromatic carbocycles. The Labute approximate surface area is 172 Å². The van der Waals surface area contributed by atoms with E-state index >= 15 is 0 Å². The summed E-state index contributed by atoms with van der Waals surface area (Å²) >= 11 is 0. The van der Waals surface area contributed by atoms with Crippen molar-refractivity contribution >= 4 is 17.4 Å². The van der Waals surface area contributed by atoms with Crippen LogP contribution in [0.25, 0.3) is 0 Å². The quantitative estimate of drug-likeness (QED) is 0.568. The van der Waals surface area contributed by atoms with E-state index in [0.717, 1.165) is 17.3 Å². The minimum absolute atomic E-state index is 0.114. The zero-order valence-corrected chi connectivity index (χ0v) is 16.6. The molecule has 0 spiro atoms. The third-order valence-corrected chi connectivity index (χ3v) is 4.51. The summed E-state index contributed by atoms with van der Waals surface area (Å²) in [7, 11) is 3.84. The number of benzene rings is 2. The van der Waals surface area contributed by atoms with Crippen molar-refractivity contribution in [1.82, 2.24) is 4.90 Å². The maximum atomic E-state index is 13.3. The molecule has 158 valence electrons. The smallest absolute Gasteiger partial charge is 0.418 e. The molecule has 0 unspecified atom stereocenters. The van der Waals surface area contributed by atoms with Crippen molar-refractivity contribution in [2.75, 3.05) is 24.3 Å². The van der Waals surface area contributed by atoms with Gasteiger partial charge in [-0.1, -0.05) is 24.3 Å². The monoisotopic (exact) mass is 417 g/mol. The number of para-hydroxylation sites is 1. The lowest BCUT2D eigenvalue weighted by atomic mass is 10.1. The molecule has 2 amide bonds. The molecule has 0 atom stereocenters. The maximum absolute atomic E-state index is 13.3. The zero-order chi connectivity index (χ0) is 21.7. The minimum Gasteiger partial charge on any atom is -0.467 e. The highest BCUT2D eigenvalue weighted by molar-refractivity contribution is 5.90. The number of alkyl halides is 3. The summed E-state index contributed by atoms with van der Waals surface area (Å²) in [5.41, 5.74) is 0.653. The molecule has 8 heteroatoms. The van der Waals surface area contributed by atoms with Crippen molar-refractivity contribution in [3.63, 3.8) is 0 Å². The average molecular weight is 417 g/mol. The number of carbonyl (C=O) groups is 1. The third-order valence-electron chi connectivity index (χ3n) is 4.51. The van der Waals surface area contributed by atoms with E-state index in [1.54, 1.807) is 12.1 Å². The fourth-order valence-electron chi connectivity index (χ4n) is 2.94. The molecule has 0 aliphatic rings. The van der Waals surface area contributed by atoms with Crippen LogP contribution in [0.2, 0.25) is 0 Å². The van der Waals surface area contributed by atoms with E-state index in [9.17, 15) is 18.0 Å². The molecule has 0 aliphatic heterocycles. The molecule has 1 heterocycles. The fraction of sp³-hybridized carbons (Fsp3) is 0.227. The van der Waals surface area contributed by atoms with Crippen LogP contribution in [0.3, 0.4) is 0 Å². The molecule has 0 aliphatic carbocycles. The van der Waals surface area contributed by atoms with Crippen LogP contribution in [0.15, 0.2) is 71.3 Å². The van der Waals surface area contributed by atoms with Gasteiger partial charge in [0.15, 0.2) is 0 Å². The number of amides is 2. The number of urea groups is 1. The number of anilines is 2. The normalized spacial score (nSPS) is 11.2. The fourth-order valence-corrected chi connectivity index (χ4v) is 2.94. The summed E-state index contributed by atoms with van der Waals surface area (Å²) < 4.78 is 45.1. The van der Waals surface area contributed by atoms with Crippen molar-refractivity contribution in [3.8, 4) is 0 Å². The van der Waals surface area contributed by atoms with Crippen LogP contribution in [0.4, 0.5) is 29.3 Å². The van der Waals surface area contributed by atoms with Crippen LogP contribution in [0.1, 0.15) is 16.9 Å². The van der Waals surface area contributed by atoms with Gasteiger partial charge < -0.3 is 19.5 Å². The first kappa shape index (κ1) is 21.3. The van der Waals surface area contributed by atoms with E-state index in [1.165, 1.54) is 29.4 Å². The van der Waals surface area contributed by atoms with Crippen LogP contribution >= 0.6 is 0 Å². The Kier molecular flexibility index (Phi) is 6.34. The van der Waals surface area contributed by atoms with E-state index in [4.69, 9.17) is 4.42 Å². The molecular formula is C22H22F3N3O2. The van der Waals surface area contributed by atoms with Crippen molar-refractivity contribution in [2.24, 2.45) is 0 Å². The summed E-state index contributed by atoms with van der Waals surface area (Å²) in [4.78, 5) is 16.2. The molecule has 0 radical (unpaired) electrons. The second-order valence-electron chi connectivity index (χ2n) is 6.97. The van der Waals surface area contributed by atoms with Crippen LogP contribution < -0.4 is 10.2 Å². The Morgan fingerprint density at radius 1 is 0.967 bits per heavy atom. The number of nitrogens with one attached hydrogen (secondary N) is 1. The van der Waals surface area contributed by atoms with Gasteiger partial charge in [0.25, 0.3) is 0 Å². The van der Waals surface area contributed by atoms with Gasteiger partial charge >= 0.3 is 12.2 Å². The number of furan rings is 1. The number of halogens is 3. The SMILES string of the molecule is CN(C)c1ccc(CN(Cc2ccco2)C(=O)Nc2ccccc2C(F)(F)F)cc1. The van der Waals surface area contributed by atoms with Gasteiger partial charge in [-0.25, -0.2) is 4.79 Å². The Bertz CT molecular complexity index is 968. The summed E-state index contributed by atoms with van der Waals surface area (Å²) in [5, 5.41) is 2.40. The Morgan fingerprint density at radius 2 is 1.67 bits per heavy atom. The van der Waals surface area contributed by atoms with Crippen LogP contribution in [-0.4, -0.2) is 25.0 Å². The molecule has 0 saturated carbocycles. The largest absolute Gasteiger partial charge is 0.467 e. The van der Waals surface area contributed by atoms with Crippen LogP contribution in [0, 0.1) is 0 Å². The molecule has 3 aromatic rings. The Hall–Kier alpha value is -3.42. The standard InChI is InChI=1S/C22H22F3N3O2/c1-27(2)17-11-9-16(10-12-17)14-28(15-18-6-5-13-30-18)21(29)26-20-8-4-3-7-19(20)22(23,24)25/h3-13H,14-15H2,1-2H3,(H,26,29).